The number of amides is 1. The Bertz CT molecular complexity index is 379. The Morgan fingerprint density at radius 2 is 2.50 bits per heavy atom. The van der Waals surface area contributed by atoms with Crippen LogP contribution in [0.15, 0.2) is 6.33 Å². The molecule has 1 aromatic rings. The van der Waals surface area contributed by atoms with E-state index in [0.717, 1.165) is 6.54 Å². The van der Waals surface area contributed by atoms with Crippen molar-refractivity contribution >= 4 is 5.91 Å². The highest BCUT2D eigenvalue weighted by Gasteiger charge is 2.25. The van der Waals surface area contributed by atoms with E-state index in [1.807, 2.05) is 14.1 Å². The lowest BCUT2D eigenvalue weighted by atomic mass is 10.1. The highest BCUT2D eigenvalue weighted by molar-refractivity contribution is 5.90. The second-order valence-corrected chi connectivity index (χ2v) is 4.79. The Balaban J connectivity index is 2.00. The largest absolute Gasteiger partial charge is 0.379 e. The van der Waals surface area contributed by atoms with Gasteiger partial charge in [0.1, 0.15) is 6.33 Å². The number of carbonyl (C=O) groups is 1. The third-order valence-electron chi connectivity index (χ3n) is 2.87. The second kappa shape index (κ2) is 5.92. The molecule has 0 aliphatic carbocycles. The van der Waals surface area contributed by atoms with Crippen molar-refractivity contribution in [2.45, 2.75) is 0 Å². The number of rotatable bonds is 3. The maximum absolute atomic E-state index is 12.2. The van der Waals surface area contributed by atoms with Crippen molar-refractivity contribution in [2.24, 2.45) is 5.92 Å². The van der Waals surface area contributed by atoms with Crippen LogP contribution in [0.2, 0.25) is 0 Å². The molecule has 100 valence electrons. The van der Waals surface area contributed by atoms with Crippen LogP contribution in [-0.4, -0.2) is 77.8 Å². The minimum absolute atomic E-state index is 0.109. The summed E-state index contributed by atoms with van der Waals surface area (Å²) in [4.78, 5) is 20.0. The molecule has 1 aromatic heterocycles. The van der Waals surface area contributed by atoms with Crippen LogP contribution in [0.25, 0.3) is 0 Å². The molecule has 18 heavy (non-hydrogen) atoms. The van der Waals surface area contributed by atoms with Crippen LogP contribution in [0.1, 0.15) is 10.6 Å². The lowest BCUT2D eigenvalue weighted by Gasteiger charge is -2.24. The molecular formula is C11H19N5O2. The van der Waals surface area contributed by atoms with Crippen molar-refractivity contribution in [3.63, 3.8) is 0 Å². The molecule has 7 nitrogen and oxygen atoms in total. The van der Waals surface area contributed by atoms with E-state index in [9.17, 15) is 4.79 Å². The maximum atomic E-state index is 12.2. The molecule has 0 saturated carbocycles. The number of hydrogen-bond donors (Lipinski definition) is 1. The van der Waals surface area contributed by atoms with Crippen LogP contribution in [0.5, 0.6) is 0 Å². The minimum Gasteiger partial charge on any atom is -0.379 e. The van der Waals surface area contributed by atoms with Crippen LogP contribution >= 0.6 is 0 Å². The summed E-state index contributed by atoms with van der Waals surface area (Å²) in [6.07, 6.45) is 1.35. The van der Waals surface area contributed by atoms with Gasteiger partial charge in [-0.25, -0.2) is 4.98 Å². The average molecular weight is 253 g/mol. The molecule has 7 heteroatoms. The van der Waals surface area contributed by atoms with E-state index in [-0.39, 0.29) is 5.91 Å². The first-order valence-electron chi connectivity index (χ1n) is 6.04. The number of nitrogens with one attached hydrogen (secondary N) is 1. The molecule has 1 unspecified atom stereocenters. The normalized spacial score (nSPS) is 21.1. The third-order valence-corrected chi connectivity index (χ3v) is 2.87. The minimum atomic E-state index is -0.109. The average Bonchev–Trinajstić information content (AvgIpc) is 2.75. The number of carbonyl (C=O) groups excluding carboxylic acids is 1. The Labute approximate surface area is 106 Å². The van der Waals surface area contributed by atoms with Gasteiger partial charge in [0.25, 0.3) is 5.91 Å². The number of aromatic nitrogens is 3. The van der Waals surface area contributed by atoms with Gasteiger partial charge in [0.2, 0.25) is 5.82 Å². The monoisotopic (exact) mass is 253 g/mol. The summed E-state index contributed by atoms with van der Waals surface area (Å²) in [5.74, 6) is 0.511. The second-order valence-electron chi connectivity index (χ2n) is 4.79. The molecule has 1 aliphatic heterocycles. The van der Waals surface area contributed by atoms with Crippen molar-refractivity contribution in [1.29, 1.82) is 0 Å². The van der Waals surface area contributed by atoms with Crippen LogP contribution < -0.4 is 0 Å². The summed E-state index contributed by atoms with van der Waals surface area (Å²) in [7, 11) is 4.04. The van der Waals surface area contributed by atoms with Crippen molar-refractivity contribution in [2.75, 3.05) is 46.9 Å². The van der Waals surface area contributed by atoms with E-state index in [4.69, 9.17) is 4.74 Å². The SMILES string of the molecule is CN(C)CC1COCCN(C(=O)c2ncn[nH]2)C1. The van der Waals surface area contributed by atoms with Gasteiger partial charge in [0.15, 0.2) is 0 Å². The van der Waals surface area contributed by atoms with Gasteiger partial charge in [-0.2, -0.15) is 5.10 Å². The number of aromatic amines is 1. The molecule has 0 aromatic carbocycles. The van der Waals surface area contributed by atoms with Gasteiger partial charge in [-0.3, -0.25) is 9.89 Å². The van der Waals surface area contributed by atoms with Gasteiger partial charge in [-0.1, -0.05) is 0 Å². The predicted molar refractivity (Wildman–Crippen MR) is 65.1 cm³/mol. The molecule has 0 radical (unpaired) electrons. The van der Waals surface area contributed by atoms with E-state index in [1.54, 1.807) is 4.90 Å². The summed E-state index contributed by atoms with van der Waals surface area (Å²) in [5.41, 5.74) is 0. The molecule has 1 amide bonds. The van der Waals surface area contributed by atoms with Crippen LogP contribution in [-0.2, 0) is 4.74 Å². The van der Waals surface area contributed by atoms with E-state index in [2.05, 4.69) is 20.1 Å². The molecule has 2 heterocycles. The topological polar surface area (TPSA) is 74.3 Å². The number of H-pyrrole nitrogens is 1. The zero-order chi connectivity index (χ0) is 13.0. The van der Waals surface area contributed by atoms with Gasteiger partial charge in [-0.15, -0.1) is 0 Å². The van der Waals surface area contributed by atoms with Crippen LogP contribution in [0, 0.1) is 5.92 Å². The molecule has 1 aliphatic rings. The molecular weight excluding hydrogens is 234 g/mol. The summed E-state index contributed by atoms with van der Waals surface area (Å²) in [5, 5.41) is 6.31. The Morgan fingerprint density at radius 3 is 3.17 bits per heavy atom. The first-order chi connectivity index (χ1) is 8.66. The van der Waals surface area contributed by atoms with Gasteiger partial charge < -0.3 is 14.5 Å². The van der Waals surface area contributed by atoms with Crippen molar-refractivity contribution in [1.82, 2.24) is 25.0 Å². The molecule has 0 spiro atoms. The van der Waals surface area contributed by atoms with Crippen molar-refractivity contribution in [3.05, 3.63) is 12.2 Å². The first-order valence-corrected chi connectivity index (χ1v) is 6.04. The zero-order valence-corrected chi connectivity index (χ0v) is 10.8. The molecule has 2 rings (SSSR count). The fourth-order valence-electron chi connectivity index (χ4n) is 2.15. The van der Waals surface area contributed by atoms with E-state index < -0.39 is 0 Å². The zero-order valence-electron chi connectivity index (χ0n) is 10.8. The number of nitrogens with zero attached hydrogens (tertiary/aromatic N) is 4. The summed E-state index contributed by atoms with van der Waals surface area (Å²) < 4.78 is 5.54. The molecule has 1 fully saturated rings. The first kappa shape index (κ1) is 13.0. The van der Waals surface area contributed by atoms with E-state index >= 15 is 0 Å². The van der Waals surface area contributed by atoms with Gasteiger partial charge in [0, 0.05) is 25.6 Å². The summed E-state index contributed by atoms with van der Waals surface area (Å²) in [6.45, 7) is 3.46. The lowest BCUT2D eigenvalue weighted by Crippen LogP contribution is -2.39. The Kier molecular flexibility index (Phi) is 4.27. The van der Waals surface area contributed by atoms with Crippen molar-refractivity contribution < 1.29 is 9.53 Å². The van der Waals surface area contributed by atoms with Gasteiger partial charge in [-0.05, 0) is 14.1 Å². The van der Waals surface area contributed by atoms with Crippen LogP contribution in [0.3, 0.4) is 0 Å². The molecule has 1 saturated heterocycles. The summed E-state index contributed by atoms with van der Waals surface area (Å²) in [6, 6.07) is 0. The Morgan fingerprint density at radius 1 is 1.67 bits per heavy atom. The molecule has 1 N–H and O–H groups in total. The van der Waals surface area contributed by atoms with Gasteiger partial charge in [0.05, 0.1) is 13.2 Å². The third kappa shape index (κ3) is 3.27. The van der Waals surface area contributed by atoms with Crippen molar-refractivity contribution in [3.8, 4) is 0 Å². The number of ether oxygens (including phenoxy) is 1. The van der Waals surface area contributed by atoms with E-state index in [1.165, 1.54) is 6.33 Å². The number of hydrogen-bond acceptors (Lipinski definition) is 5. The molecule has 0 bridgehead atoms. The smallest absolute Gasteiger partial charge is 0.291 e. The lowest BCUT2D eigenvalue weighted by molar-refractivity contribution is 0.0723. The standard InChI is InChI=1S/C11H19N5O2/c1-15(2)5-9-6-16(3-4-18-7-9)11(17)10-12-8-13-14-10/h8-9H,3-7H2,1-2H3,(H,12,13,14). The molecule has 1 atom stereocenters. The summed E-state index contributed by atoms with van der Waals surface area (Å²) >= 11 is 0. The highest BCUT2D eigenvalue weighted by atomic mass is 16.5. The predicted octanol–water partition coefficient (Wildman–Crippen LogP) is -0.545. The van der Waals surface area contributed by atoms with Gasteiger partial charge >= 0.3 is 0 Å². The Hall–Kier alpha value is -1.47. The fraction of sp³-hybridized carbons (Fsp3) is 0.727. The quantitative estimate of drug-likeness (QED) is 0.782. The fourth-order valence-corrected chi connectivity index (χ4v) is 2.15. The maximum Gasteiger partial charge on any atom is 0.291 e. The van der Waals surface area contributed by atoms with Crippen LogP contribution in [0.4, 0.5) is 0 Å². The van der Waals surface area contributed by atoms with E-state index in [0.29, 0.717) is 38.0 Å². The highest BCUT2D eigenvalue weighted by Crippen LogP contribution is 2.10.